The van der Waals surface area contributed by atoms with Crippen LogP contribution in [0.2, 0.25) is 0 Å². The number of thiol groups is 1. The molecule has 1 aliphatic heterocycles. The van der Waals surface area contributed by atoms with Crippen molar-refractivity contribution in [2.75, 3.05) is 18.8 Å². The smallest absolute Gasteiger partial charge is 0.223 e. The highest BCUT2D eigenvalue weighted by atomic mass is 32.1. The van der Waals surface area contributed by atoms with Crippen LogP contribution < -0.4 is 0 Å². The van der Waals surface area contributed by atoms with E-state index in [1.807, 2.05) is 4.90 Å². The van der Waals surface area contributed by atoms with Crippen molar-refractivity contribution in [3.8, 4) is 0 Å². The van der Waals surface area contributed by atoms with Gasteiger partial charge < -0.3 is 4.90 Å². The molecule has 0 unspecified atom stereocenters. The van der Waals surface area contributed by atoms with Gasteiger partial charge in [0.2, 0.25) is 5.91 Å². The predicted octanol–water partition coefficient (Wildman–Crippen LogP) is 2.49. The average molecular weight is 227 g/mol. The van der Waals surface area contributed by atoms with E-state index < -0.39 is 0 Å². The molecule has 0 bridgehead atoms. The molecule has 2 rings (SSSR count). The molecule has 3 heteroatoms. The summed E-state index contributed by atoms with van der Waals surface area (Å²) in [6.45, 7) is 1.99. The monoisotopic (exact) mass is 227 g/mol. The molecular formula is C12H21NOS. The summed E-state index contributed by atoms with van der Waals surface area (Å²) in [7, 11) is 0. The Hall–Kier alpha value is -0.180. The first-order valence-electron chi connectivity index (χ1n) is 6.14. The van der Waals surface area contributed by atoms with Crippen molar-refractivity contribution < 1.29 is 4.79 Å². The second-order valence-corrected chi connectivity index (χ2v) is 5.51. The number of piperidine rings is 1. The van der Waals surface area contributed by atoms with Gasteiger partial charge in [0.25, 0.3) is 0 Å². The lowest BCUT2D eigenvalue weighted by atomic mass is 9.77. The lowest BCUT2D eigenvalue weighted by molar-refractivity contribution is -0.133. The fraction of sp³-hybridized carbons (Fsp3) is 0.917. The molecule has 2 fully saturated rings. The van der Waals surface area contributed by atoms with E-state index in [2.05, 4.69) is 12.6 Å². The van der Waals surface area contributed by atoms with Gasteiger partial charge in [-0.2, -0.15) is 12.6 Å². The molecule has 1 spiro atoms. The van der Waals surface area contributed by atoms with Gasteiger partial charge in [0.1, 0.15) is 0 Å². The molecule has 2 aliphatic rings. The third-order valence-corrected chi connectivity index (χ3v) is 4.39. The Balaban J connectivity index is 1.83. The SMILES string of the molecule is O=C(CCS)N1CCC2(CCCC2)CC1. The van der Waals surface area contributed by atoms with Gasteiger partial charge in [0.05, 0.1) is 0 Å². The molecule has 0 N–H and O–H groups in total. The number of nitrogens with zero attached hydrogens (tertiary/aromatic N) is 1. The number of likely N-dealkylation sites (tertiary alicyclic amines) is 1. The minimum Gasteiger partial charge on any atom is -0.343 e. The second kappa shape index (κ2) is 4.77. The van der Waals surface area contributed by atoms with Crippen LogP contribution in [-0.2, 0) is 4.79 Å². The molecule has 1 saturated carbocycles. The van der Waals surface area contributed by atoms with Crippen molar-refractivity contribution >= 4 is 18.5 Å². The molecule has 86 valence electrons. The highest BCUT2D eigenvalue weighted by Crippen LogP contribution is 2.46. The van der Waals surface area contributed by atoms with Crippen molar-refractivity contribution in [2.24, 2.45) is 5.41 Å². The molecule has 0 radical (unpaired) electrons. The van der Waals surface area contributed by atoms with Crippen LogP contribution in [0.1, 0.15) is 44.9 Å². The third-order valence-electron chi connectivity index (χ3n) is 4.17. The van der Waals surface area contributed by atoms with Crippen LogP contribution >= 0.6 is 12.6 Å². The summed E-state index contributed by atoms with van der Waals surface area (Å²) < 4.78 is 0. The highest BCUT2D eigenvalue weighted by molar-refractivity contribution is 7.80. The zero-order valence-corrected chi connectivity index (χ0v) is 10.3. The van der Waals surface area contributed by atoms with Gasteiger partial charge in [0.15, 0.2) is 0 Å². The minimum absolute atomic E-state index is 0.304. The van der Waals surface area contributed by atoms with Crippen LogP contribution in [0.15, 0.2) is 0 Å². The largest absolute Gasteiger partial charge is 0.343 e. The summed E-state index contributed by atoms with van der Waals surface area (Å²) in [5.41, 5.74) is 0.623. The lowest BCUT2D eigenvalue weighted by Crippen LogP contribution is -2.42. The number of rotatable bonds is 2. The Labute approximate surface area is 97.8 Å². The van der Waals surface area contributed by atoms with Gasteiger partial charge in [0, 0.05) is 19.5 Å². The van der Waals surface area contributed by atoms with Crippen LogP contribution in [0.4, 0.5) is 0 Å². The normalized spacial score (nSPS) is 24.7. The van der Waals surface area contributed by atoms with Crippen LogP contribution in [0.5, 0.6) is 0 Å². The molecule has 0 atom stereocenters. The van der Waals surface area contributed by atoms with Crippen LogP contribution in [0, 0.1) is 5.41 Å². The molecule has 1 heterocycles. The zero-order chi connectivity index (χ0) is 10.7. The summed E-state index contributed by atoms with van der Waals surface area (Å²) in [5, 5.41) is 0. The molecule has 15 heavy (non-hydrogen) atoms. The summed E-state index contributed by atoms with van der Waals surface area (Å²) >= 11 is 4.11. The van der Waals surface area contributed by atoms with E-state index in [-0.39, 0.29) is 0 Å². The van der Waals surface area contributed by atoms with E-state index in [1.54, 1.807) is 0 Å². The molecule has 0 aromatic carbocycles. The first-order chi connectivity index (χ1) is 7.26. The van der Waals surface area contributed by atoms with Gasteiger partial charge >= 0.3 is 0 Å². The van der Waals surface area contributed by atoms with Crippen LogP contribution in [0.25, 0.3) is 0 Å². The number of carbonyl (C=O) groups is 1. The molecule has 1 aliphatic carbocycles. The Bertz CT molecular complexity index is 226. The maximum Gasteiger partial charge on any atom is 0.223 e. The number of hydrogen-bond acceptors (Lipinski definition) is 2. The number of carbonyl (C=O) groups excluding carboxylic acids is 1. The topological polar surface area (TPSA) is 20.3 Å². The van der Waals surface area contributed by atoms with Crippen molar-refractivity contribution in [3.63, 3.8) is 0 Å². The predicted molar refractivity (Wildman–Crippen MR) is 65.2 cm³/mol. The lowest BCUT2D eigenvalue weighted by Gasteiger charge is -2.39. The molecule has 0 aromatic rings. The van der Waals surface area contributed by atoms with Crippen molar-refractivity contribution in [3.05, 3.63) is 0 Å². The molecule has 1 amide bonds. The molecular weight excluding hydrogens is 206 g/mol. The van der Waals surface area contributed by atoms with Crippen molar-refractivity contribution in [2.45, 2.75) is 44.9 Å². The summed E-state index contributed by atoms with van der Waals surface area (Å²) in [5.74, 6) is 0.985. The van der Waals surface area contributed by atoms with Crippen molar-refractivity contribution in [1.82, 2.24) is 4.90 Å². The quantitative estimate of drug-likeness (QED) is 0.719. The number of hydrogen-bond donors (Lipinski definition) is 1. The standard InChI is InChI=1S/C12H21NOS/c14-11(3-10-15)13-8-6-12(7-9-13)4-1-2-5-12/h15H,1-10H2. The molecule has 0 aromatic heterocycles. The van der Waals surface area contributed by atoms with Crippen LogP contribution in [0.3, 0.4) is 0 Å². The van der Waals surface area contributed by atoms with E-state index in [9.17, 15) is 4.79 Å². The van der Waals surface area contributed by atoms with E-state index in [0.717, 1.165) is 13.1 Å². The number of amides is 1. The zero-order valence-electron chi connectivity index (χ0n) is 9.37. The van der Waals surface area contributed by atoms with E-state index in [1.165, 1.54) is 38.5 Å². The Kier molecular flexibility index (Phi) is 3.60. The fourth-order valence-electron chi connectivity index (χ4n) is 3.11. The molecule has 1 saturated heterocycles. The Morgan fingerprint density at radius 2 is 1.73 bits per heavy atom. The first-order valence-corrected chi connectivity index (χ1v) is 6.78. The minimum atomic E-state index is 0.304. The summed E-state index contributed by atoms with van der Waals surface area (Å²) in [6.07, 6.45) is 8.71. The summed E-state index contributed by atoms with van der Waals surface area (Å²) in [4.78, 5) is 13.7. The molecule has 2 nitrogen and oxygen atoms in total. The van der Waals surface area contributed by atoms with E-state index >= 15 is 0 Å². The average Bonchev–Trinajstić information content (AvgIpc) is 2.68. The van der Waals surface area contributed by atoms with E-state index in [0.29, 0.717) is 23.5 Å². The van der Waals surface area contributed by atoms with Crippen molar-refractivity contribution in [1.29, 1.82) is 0 Å². The Morgan fingerprint density at radius 3 is 2.27 bits per heavy atom. The first kappa shape index (κ1) is 11.3. The van der Waals surface area contributed by atoms with Gasteiger partial charge in [-0.3, -0.25) is 4.79 Å². The second-order valence-electron chi connectivity index (χ2n) is 5.06. The summed E-state index contributed by atoms with van der Waals surface area (Å²) in [6, 6.07) is 0. The van der Waals surface area contributed by atoms with Gasteiger partial charge in [-0.25, -0.2) is 0 Å². The highest BCUT2D eigenvalue weighted by Gasteiger charge is 2.37. The maximum atomic E-state index is 11.7. The fourth-order valence-corrected chi connectivity index (χ4v) is 3.30. The van der Waals surface area contributed by atoms with Gasteiger partial charge in [-0.05, 0) is 36.9 Å². The third kappa shape index (κ3) is 2.49. The van der Waals surface area contributed by atoms with Crippen LogP contribution in [-0.4, -0.2) is 29.6 Å². The van der Waals surface area contributed by atoms with E-state index in [4.69, 9.17) is 0 Å². The maximum absolute atomic E-state index is 11.7. The van der Waals surface area contributed by atoms with Gasteiger partial charge in [-0.15, -0.1) is 0 Å². The Morgan fingerprint density at radius 1 is 1.13 bits per heavy atom. The van der Waals surface area contributed by atoms with Gasteiger partial charge in [-0.1, -0.05) is 12.8 Å².